The number of carbonyl (C=O) groups excluding carboxylic acids is 1. The van der Waals surface area contributed by atoms with Gasteiger partial charge in [0.2, 0.25) is 5.91 Å². The van der Waals surface area contributed by atoms with Gasteiger partial charge in [0, 0.05) is 50.8 Å². The van der Waals surface area contributed by atoms with Gasteiger partial charge in [-0.05, 0) is 37.6 Å². The Morgan fingerprint density at radius 3 is 2.20 bits per heavy atom. The third-order valence-corrected chi connectivity index (χ3v) is 5.57. The number of hydrogen-bond acceptors (Lipinski definition) is 4. The van der Waals surface area contributed by atoms with Crippen LogP contribution in [0.15, 0.2) is 24.3 Å². The molecule has 5 nitrogen and oxygen atoms in total. The Morgan fingerprint density at radius 2 is 1.52 bits per heavy atom. The van der Waals surface area contributed by atoms with Crippen molar-refractivity contribution in [3.05, 3.63) is 34.9 Å². The third-order valence-electron chi connectivity index (χ3n) is 5.20. The van der Waals surface area contributed by atoms with Crippen molar-refractivity contribution in [3.8, 4) is 0 Å². The highest BCUT2D eigenvalue weighted by Gasteiger charge is 2.20. The van der Waals surface area contributed by atoms with Crippen LogP contribution >= 0.6 is 11.6 Å². The molecule has 2 aliphatic rings. The number of likely N-dealkylation sites (tertiary alicyclic amines) is 1. The molecule has 2 aliphatic heterocycles. The zero-order valence-electron chi connectivity index (χ0n) is 14.9. The molecule has 2 saturated heterocycles. The second-order valence-electron chi connectivity index (χ2n) is 7.03. The average Bonchev–Trinajstić information content (AvgIpc) is 3.14. The van der Waals surface area contributed by atoms with Gasteiger partial charge in [-0.3, -0.25) is 14.6 Å². The molecule has 1 aromatic rings. The summed E-state index contributed by atoms with van der Waals surface area (Å²) in [7, 11) is 0. The second kappa shape index (κ2) is 9.53. The van der Waals surface area contributed by atoms with E-state index in [1.165, 1.54) is 32.5 Å². The van der Waals surface area contributed by atoms with Crippen LogP contribution in [0, 0.1) is 0 Å². The number of nitrogens with one attached hydrogen (secondary N) is 1. The van der Waals surface area contributed by atoms with E-state index in [1.807, 2.05) is 24.3 Å². The van der Waals surface area contributed by atoms with Crippen molar-refractivity contribution < 1.29 is 4.79 Å². The predicted octanol–water partition coefficient (Wildman–Crippen LogP) is 1.67. The summed E-state index contributed by atoms with van der Waals surface area (Å²) in [5.74, 6) is 0.0745. The fourth-order valence-corrected chi connectivity index (χ4v) is 3.76. The Hall–Kier alpha value is -1.14. The Bertz CT molecular complexity index is 554. The lowest BCUT2D eigenvalue weighted by Gasteiger charge is -2.35. The van der Waals surface area contributed by atoms with Crippen LogP contribution in [0.1, 0.15) is 18.4 Å². The molecule has 6 heteroatoms. The molecule has 0 radical (unpaired) electrons. The van der Waals surface area contributed by atoms with Gasteiger partial charge in [0.05, 0.1) is 6.54 Å². The standard InChI is InChI=1S/C19H29ClN4O/c20-18-6-2-1-5-17(18)15-21-19(25)16-24-13-11-23(12-14-24)10-9-22-7-3-4-8-22/h1-2,5-6H,3-4,7-16H2,(H,21,25). The summed E-state index contributed by atoms with van der Waals surface area (Å²) in [4.78, 5) is 19.5. The smallest absolute Gasteiger partial charge is 0.234 e. The normalized spacial score (nSPS) is 20.0. The van der Waals surface area contributed by atoms with Crippen molar-refractivity contribution in [2.45, 2.75) is 19.4 Å². The minimum atomic E-state index is 0.0745. The molecule has 0 aliphatic carbocycles. The van der Waals surface area contributed by atoms with E-state index in [2.05, 4.69) is 20.0 Å². The van der Waals surface area contributed by atoms with Crippen LogP contribution in [0.4, 0.5) is 0 Å². The van der Waals surface area contributed by atoms with Crippen molar-refractivity contribution in [2.24, 2.45) is 0 Å². The van der Waals surface area contributed by atoms with Gasteiger partial charge in [0.25, 0.3) is 0 Å². The number of hydrogen-bond donors (Lipinski definition) is 1. The highest BCUT2D eigenvalue weighted by atomic mass is 35.5. The Labute approximate surface area is 155 Å². The van der Waals surface area contributed by atoms with Gasteiger partial charge in [-0.1, -0.05) is 29.8 Å². The Balaban J connectivity index is 1.31. The van der Waals surface area contributed by atoms with Gasteiger partial charge >= 0.3 is 0 Å². The first-order chi connectivity index (χ1) is 12.2. The van der Waals surface area contributed by atoms with Crippen LogP contribution in [0.2, 0.25) is 5.02 Å². The quantitative estimate of drug-likeness (QED) is 0.798. The third kappa shape index (κ3) is 5.96. The van der Waals surface area contributed by atoms with Crippen molar-refractivity contribution >= 4 is 17.5 Å². The summed E-state index contributed by atoms with van der Waals surface area (Å²) < 4.78 is 0. The van der Waals surface area contributed by atoms with Crippen LogP contribution in [0.5, 0.6) is 0 Å². The average molecular weight is 365 g/mol. The van der Waals surface area contributed by atoms with E-state index in [4.69, 9.17) is 11.6 Å². The maximum Gasteiger partial charge on any atom is 0.234 e. The van der Waals surface area contributed by atoms with Gasteiger partial charge in [0.1, 0.15) is 0 Å². The lowest BCUT2D eigenvalue weighted by Crippen LogP contribution is -2.50. The fraction of sp³-hybridized carbons (Fsp3) is 0.632. The van der Waals surface area contributed by atoms with Crippen LogP contribution < -0.4 is 5.32 Å². The maximum absolute atomic E-state index is 12.2. The highest BCUT2D eigenvalue weighted by molar-refractivity contribution is 6.31. The van der Waals surface area contributed by atoms with Crippen LogP contribution in [0.3, 0.4) is 0 Å². The molecule has 25 heavy (non-hydrogen) atoms. The number of rotatable bonds is 7. The van der Waals surface area contributed by atoms with Crippen molar-refractivity contribution in [3.63, 3.8) is 0 Å². The highest BCUT2D eigenvalue weighted by Crippen LogP contribution is 2.14. The van der Waals surface area contributed by atoms with Gasteiger partial charge in [-0.25, -0.2) is 0 Å². The van der Waals surface area contributed by atoms with E-state index >= 15 is 0 Å². The van der Waals surface area contributed by atoms with E-state index in [1.54, 1.807) is 0 Å². The Morgan fingerprint density at radius 1 is 0.920 bits per heavy atom. The number of nitrogens with zero attached hydrogens (tertiary/aromatic N) is 3. The van der Waals surface area contributed by atoms with Crippen LogP contribution in [-0.4, -0.2) is 79.5 Å². The molecule has 1 aromatic carbocycles. The molecule has 0 unspecified atom stereocenters. The molecule has 1 amide bonds. The van der Waals surface area contributed by atoms with Crippen molar-refractivity contribution in [1.29, 1.82) is 0 Å². The largest absolute Gasteiger partial charge is 0.351 e. The van der Waals surface area contributed by atoms with Gasteiger partial charge in [0.15, 0.2) is 0 Å². The molecular formula is C19H29ClN4O. The molecular weight excluding hydrogens is 336 g/mol. The zero-order valence-corrected chi connectivity index (χ0v) is 15.7. The summed E-state index contributed by atoms with van der Waals surface area (Å²) in [6.45, 7) is 9.93. The topological polar surface area (TPSA) is 38.8 Å². The molecule has 0 spiro atoms. The van der Waals surface area contributed by atoms with Crippen molar-refractivity contribution in [1.82, 2.24) is 20.0 Å². The van der Waals surface area contributed by atoms with Crippen LogP contribution in [0.25, 0.3) is 0 Å². The predicted molar refractivity (Wildman–Crippen MR) is 102 cm³/mol. The molecule has 138 valence electrons. The molecule has 2 heterocycles. The number of halogens is 1. The second-order valence-corrected chi connectivity index (χ2v) is 7.44. The zero-order chi connectivity index (χ0) is 17.5. The fourth-order valence-electron chi connectivity index (χ4n) is 3.55. The van der Waals surface area contributed by atoms with E-state index in [0.717, 1.165) is 38.3 Å². The summed E-state index contributed by atoms with van der Waals surface area (Å²) >= 11 is 6.12. The molecule has 0 saturated carbocycles. The van der Waals surface area contributed by atoms with E-state index in [9.17, 15) is 4.79 Å². The molecule has 3 rings (SSSR count). The maximum atomic E-state index is 12.2. The summed E-state index contributed by atoms with van der Waals surface area (Å²) in [5, 5.41) is 3.68. The number of benzene rings is 1. The van der Waals surface area contributed by atoms with Crippen molar-refractivity contribution in [2.75, 3.05) is 58.9 Å². The molecule has 0 bridgehead atoms. The molecule has 0 aromatic heterocycles. The summed E-state index contributed by atoms with van der Waals surface area (Å²) in [6, 6.07) is 7.64. The lowest BCUT2D eigenvalue weighted by atomic mass is 10.2. The number of amides is 1. The van der Waals surface area contributed by atoms with Gasteiger partial charge < -0.3 is 10.2 Å². The van der Waals surface area contributed by atoms with Gasteiger partial charge in [-0.2, -0.15) is 0 Å². The number of piperazine rings is 1. The van der Waals surface area contributed by atoms with E-state index in [-0.39, 0.29) is 5.91 Å². The van der Waals surface area contributed by atoms with Crippen LogP contribution in [-0.2, 0) is 11.3 Å². The monoisotopic (exact) mass is 364 g/mol. The summed E-state index contributed by atoms with van der Waals surface area (Å²) in [6.07, 6.45) is 2.72. The van der Waals surface area contributed by atoms with E-state index < -0.39 is 0 Å². The minimum absolute atomic E-state index is 0.0745. The minimum Gasteiger partial charge on any atom is -0.351 e. The molecule has 1 N–H and O–H groups in total. The van der Waals surface area contributed by atoms with Gasteiger partial charge in [-0.15, -0.1) is 0 Å². The molecule has 0 atom stereocenters. The summed E-state index contributed by atoms with van der Waals surface area (Å²) in [5.41, 5.74) is 0.962. The number of carbonyl (C=O) groups is 1. The first kappa shape index (κ1) is 18.6. The first-order valence-electron chi connectivity index (χ1n) is 9.38. The molecule has 2 fully saturated rings. The lowest BCUT2D eigenvalue weighted by molar-refractivity contribution is -0.122. The van der Waals surface area contributed by atoms with E-state index in [0.29, 0.717) is 18.1 Å². The SMILES string of the molecule is O=C(CN1CCN(CCN2CCCC2)CC1)NCc1ccccc1Cl. The first-order valence-corrected chi connectivity index (χ1v) is 9.76. The Kier molecular flexibility index (Phi) is 7.11.